The Hall–Kier alpha value is -2.86. The van der Waals surface area contributed by atoms with E-state index < -0.39 is 6.10 Å². The molecule has 27 heavy (non-hydrogen) atoms. The Bertz CT molecular complexity index is 821. The predicted octanol–water partition coefficient (Wildman–Crippen LogP) is 2.54. The van der Waals surface area contributed by atoms with Crippen molar-refractivity contribution in [2.24, 2.45) is 0 Å². The third-order valence-corrected chi connectivity index (χ3v) is 4.43. The normalized spacial score (nSPS) is 16.1. The first kappa shape index (κ1) is 18.9. The summed E-state index contributed by atoms with van der Waals surface area (Å²) < 4.78 is 5.77. The fourth-order valence-corrected chi connectivity index (χ4v) is 3.01. The Morgan fingerprint density at radius 2 is 1.93 bits per heavy atom. The summed E-state index contributed by atoms with van der Waals surface area (Å²) in [7, 11) is 3.95. The van der Waals surface area contributed by atoms with Crippen LogP contribution in [0.15, 0.2) is 48.5 Å². The number of amides is 2. The molecule has 1 aliphatic rings. The minimum atomic E-state index is -0.546. The molecule has 1 atom stereocenters. The summed E-state index contributed by atoms with van der Waals surface area (Å²) in [6, 6.07) is 15.0. The first-order valence-corrected chi connectivity index (χ1v) is 9.04. The number of ether oxygens (including phenoxy) is 1. The second-order valence-corrected chi connectivity index (χ2v) is 6.95. The van der Waals surface area contributed by atoms with E-state index in [1.54, 1.807) is 24.0 Å². The molecule has 1 heterocycles. The van der Waals surface area contributed by atoms with Gasteiger partial charge in [0.15, 0.2) is 6.10 Å². The van der Waals surface area contributed by atoms with Crippen molar-refractivity contribution in [2.75, 3.05) is 37.4 Å². The lowest BCUT2D eigenvalue weighted by atomic mass is 10.1. The molecule has 1 N–H and O–H groups in total. The zero-order valence-corrected chi connectivity index (χ0v) is 15.9. The topological polar surface area (TPSA) is 61.9 Å². The van der Waals surface area contributed by atoms with Crippen LogP contribution in [0.4, 0.5) is 11.4 Å². The zero-order chi connectivity index (χ0) is 19.4. The van der Waals surface area contributed by atoms with Crippen LogP contribution in [0.1, 0.15) is 12.5 Å². The molecule has 1 unspecified atom stereocenters. The minimum absolute atomic E-state index is 0.0507. The summed E-state index contributed by atoms with van der Waals surface area (Å²) in [6.07, 6.45) is -0.238. The highest BCUT2D eigenvalue weighted by atomic mass is 16.5. The Balaban J connectivity index is 1.74. The van der Waals surface area contributed by atoms with Gasteiger partial charge in [-0.2, -0.15) is 0 Å². The molecule has 0 aliphatic carbocycles. The maximum atomic E-state index is 12.5. The molecule has 0 fully saturated rings. The van der Waals surface area contributed by atoms with E-state index in [2.05, 4.69) is 5.32 Å². The molecule has 0 radical (unpaired) electrons. The number of anilines is 2. The van der Waals surface area contributed by atoms with Crippen LogP contribution in [0, 0.1) is 0 Å². The van der Waals surface area contributed by atoms with Gasteiger partial charge in [-0.25, -0.2) is 0 Å². The smallest absolute Gasteiger partial charge is 0.267 e. The van der Waals surface area contributed by atoms with E-state index in [0.717, 1.165) is 17.8 Å². The second kappa shape index (κ2) is 8.22. The molecule has 3 rings (SSSR count). The van der Waals surface area contributed by atoms with Gasteiger partial charge < -0.3 is 19.9 Å². The summed E-state index contributed by atoms with van der Waals surface area (Å²) >= 11 is 0. The lowest BCUT2D eigenvalue weighted by Gasteiger charge is -2.34. The standard InChI is InChI=1S/C21H25N3O3/c1-15-21(26)24(12-11-23(2)3)18-10-9-17(14-19(18)27-15)22-20(25)13-16-7-5-4-6-8-16/h4-10,14-15H,11-13H2,1-3H3,(H,22,25). The molecule has 0 bridgehead atoms. The van der Waals surface area contributed by atoms with Gasteiger partial charge in [-0.3, -0.25) is 9.59 Å². The molecule has 142 valence electrons. The first-order valence-electron chi connectivity index (χ1n) is 9.04. The van der Waals surface area contributed by atoms with Crippen molar-refractivity contribution < 1.29 is 14.3 Å². The number of carbonyl (C=O) groups excluding carboxylic acids is 2. The van der Waals surface area contributed by atoms with Gasteiger partial charge in [-0.1, -0.05) is 30.3 Å². The third-order valence-electron chi connectivity index (χ3n) is 4.43. The Kier molecular flexibility index (Phi) is 5.76. The van der Waals surface area contributed by atoms with E-state index in [4.69, 9.17) is 4.74 Å². The highest BCUT2D eigenvalue weighted by Gasteiger charge is 2.31. The Morgan fingerprint density at radius 1 is 1.19 bits per heavy atom. The van der Waals surface area contributed by atoms with Crippen molar-refractivity contribution in [3.05, 3.63) is 54.1 Å². The summed E-state index contributed by atoms with van der Waals surface area (Å²) in [5, 5.41) is 2.90. The van der Waals surface area contributed by atoms with Gasteiger partial charge in [-0.05, 0) is 38.7 Å². The van der Waals surface area contributed by atoms with Crippen LogP contribution in [-0.4, -0.2) is 50.0 Å². The number of carbonyl (C=O) groups is 2. The number of nitrogens with zero attached hydrogens (tertiary/aromatic N) is 2. The second-order valence-electron chi connectivity index (χ2n) is 6.95. The van der Waals surface area contributed by atoms with Gasteiger partial charge >= 0.3 is 0 Å². The molecule has 2 aromatic carbocycles. The SMILES string of the molecule is CC1Oc2cc(NC(=O)Cc3ccccc3)ccc2N(CCN(C)C)C1=O. The van der Waals surface area contributed by atoms with E-state index in [1.807, 2.05) is 55.4 Å². The van der Waals surface area contributed by atoms with Crippen LogP contribution in [-0.2, 0) is 16.0 Å². The monoisotopic (exact) mass is 367 g/mol. The Morgan fingerprint density at radius 3 is 2.63 bits per heavy atom. The number of hydrogen-bond donors (Lipinski definition) is 1. The molecule has 0 saturated heterocycles. The van der Waals surface area contributed by atoms with Crippen LogP contribution in [0.3, 0.4) is 0 Å². The van der Waals surface area contributed by atoms with Crippen LogP contribution in [0.2, 0.25) is 0 Å². The van der Waals surface area contributed by atoms with Gasteiger partial charge in [0, 0.05) is 24.8 Å². The number of nitrogens with one attached hydrogen (secondary N) is 1. The highest BCUT2D eigenvalue weighted by molar-refractivity contribution is 6.00. The van der Waals surface area contributed by atoms with E-state index in [9.17, 15) is 9.59 Å². The fraction of sp³-hybridized carbons (Fsp3) is 0.333. The third kappa shape index (κ3) is 4.65. The van der Waals surface area contributed by atoms with Crippen molar-refractivity contribution in [2.45, 2.75) is 19.4 Å². The molecule has 6 nitrogen and oxygen atoms in total. The van der Waals surface area contributed by atoms with E-state index in [-0.39, 0.29) is 11.8 Å². The number of rotatable bonds is 6. The van der Waals surface area contributed by atoms with Gasteiger partial charge in [0.2, 0.25) is 5.91 Å². The molecule has 0 aromatic heterocycles. The van der Waals surface area contributed by atoms with Crippen molar-refractivity contribution in [1.82, 2.24) is 4.90 Å². The molecule has 1 aliphatic heterocycles. The van der Waals surface area contributed by atoms with Crippen molar-refractivity contribution >= 4 is 23.2 Å². The van der Waals surface area contributed by atoms with Gasteiger partial charge in [0.25, 0.3) is 5.91 Å². The van der Waals surface area contributed by atoms with E-state index in [1.165, 1.54) is 0 Å². The summed E-state index contributed by atoms with van der Waals surface area (Å²) in [5.74, 6) is 0.467. The van der Waals surface area contributed by atoms with Crippen molar-refractivity contribution in [1.29, 1.82) is 0 Å². The molecule has 2 amide bonds. The zero-order valence-electron chi connectivity index (χ0n) is 15.9. The molecule has 0 saturated carbocycles. The van der Waals surface area contributed by atoms with Crippen molar-refractivity contribution in [3.63, 3.8) is 0 Å². The summed E-state index contributed by atoms with van der Waals surface area (Å²) in [4.78, 5) is 28.5. The summed E-state index contributed by atoms with van der Waals surface area (Å²) in [5.41, 5.74) is 2.35. The number of hydrogen-bond acceptors (Lipinski definition) is 4. The highest BCUT2D eigenvalue weighted by Crippen LogP contribution is 2.36. The Labute approximate surface area is 159 Å². The molecular weight excluding hydrogens is 342 g/mol. The quantitative estimate of drug-likeness (QED) is 0.852. The average Bonchev–Trinajstić information content (AvgIpc) is 2.62. The van der Waals surface area contributed by atoms with E-state index in [0.29, 0.717) is 24.4 Å². The molecular formula is C21H25N3O3. The maximum absolute atomic E-state index is 12.5. The fourth-order valence-electron chi connectivity index (χ4n) is 3.01. The lowest BCUT2D eigenvalue weighted by molar-refractivity contribution is -0.125. The predicted molar refractivity (Wildman–Crippen MR) is 106 cm³/mol. The lowest BCUT2D eigenvalue weighted by Crippen LogP contribution is -2.46. The van der Waals surface area contributed by atoms with Crippen molar-refractivity contribution in [3.8, 4) is 5.75 Å². The number of benzene rings is 2. The first-order chi connectivity index (χ1) is 12.9. The van der Waals surface area contributed by atoms with Gasteiger partial charge in [0.05, 0.1) is 12.1 Å². The molecule has 2 aromatic rings. The largest absolute Gasteiger partial charge is 0.479 e. The van der Waals surface area contributed by atoms with Crippen LogP contribution in [0.5, 0.6) is 5.75 Å². The molecule has 6 heteroatoms. The molecule has 0 spiro atoms. The maximum Gasteiger partial charge on any atom is 0.267 e. The number of likely N-dealkylation sites (N-methyl/N-ethyl adjacent to an activating group) is 1. The van der Waals surface area contributed by atoms with Crippen LogP contribution >= 0.6 is 0 Å². The minimum Gasteiger partial charge on any atom is -0.479 e. The van der Waals surface area contributed by atoms with Crippen LogP contribution in [0.25, 0.3) is 0 Å². The van der Waals surface area contributed by atoms with Gasteiger partial charge in [-0.15, -0.1) is 0 Å². The average molecular weight is 367 g/mol. The summed E-state index contributed by atoms with van der Waals surface area (Å²) in [6.45, 7) is 3.09. The number of fused-ring (bicyclic) bond motifs is 1. The van der Waals surface area contributed by atoms with E-state index >= 15 is 0 Å². The van der Waals surface area contributed by atoms with Gasteiger partial charge in [0.1, 0.15) is 5.75 Å². The van der Waals surface area contributed by atoms with Crippen LogP contribution < -0.4 is 15.0 Å².